The van der Waals surface area contributed by atoms with Crippen molar-refractivity contribution in [3.05, 3.63) is 59.2 Å². The Morgan fingerprint density at radius 3 is 2.75 bits per heavy atom. The minimum atomic E-state index is 0.137. The molecule has 20 heavy (non-hydrogen) atoms. The van der Waals surface area contributed by atoms with Gasteiger partial charge in [0.1, 0.15) is 0 Å². The molecule has 3 heteroatoms. The smallest absolute Gasteiger partial charge is 0.231 e. The molecule has 0 aromatic heterocycles. The number of rotatable bonds is 2. The van der Waals surface area contributed by atoms with E-state index < -0.39 is 0 Å². The number of nitrogens with two attached hydrogens (primary N) is 1. The Morgan fingerprint density at radius 2 is 2.00 bits per heavy atom. The minimum Gasteiger partial charge on any atom is -0.398 e. The number of carbonyl (C=O) groups excluding carboxylic acids is 1. The predicted octanol–water partition coefficient (Wildman–Crippen LogP) is 2.71. The van der Waals surface area contributed by atoms with Gasteiger partial charge in [0.2, 0.25) is 5.91 Å². The van der Waals surface area contributed by atoms with E-state index in [0.717, 1.165) is 35.5 Å². The van der Waals surface area contributed by atoms with Crippen molar-refractivity contribution in [2.24, 2.45) is 0 Å². The molecule has 1 heterocycles. The number of amides is 1. The molecule has 2 aromatic carbocycles. The van der Waals surface area contributed by atoms with Crippen molar-refractivity contribution in [3.8, 4) is 0 Å². The first-order valence-corrected chi connectivity index (χ1v) is 6.88. The van der Waals surface area contributed by atoms with Crippen molar-refractivity contribution in [2.75, 3.05) is 17.2 Å². The molecule has 0 spiro atoms. The lowest BCUT2D eigenvalue weighted by molar-refractivity contribution is -0.117. The summed E-state index contributed by atoms with van der Waals surface area (Å²) in [6, 6.07) is 13.9. The van der Waals surface area contributed by atoms with Gasteiger partial charge in [0, 0.05) is 17.9 Å². The van der Waals surface area contributed by atoms with Gasteiger partial charge in [-0.1, -0.05) is 36.4 Å². The van der Waals surface area contributed by atoms with Crippen molar-refractivity contribution in [1.82, 2.24) is 0 Å². The largest absolute Gasteiger partial charge is 0.398 e. The first-order valence-electron chi connectivity index (χ1n) is 6.88. The molecule has 0 atom stereocenters. The number of hydrogen-bond donors (Lipinski definition) is 1. The second kappa shape index (κ2) is 5.00. The maximum Gasteiger partial charge on any atom is 0.231 e. The zero-order chi connectivity index (χ0) is 14.1. The van der Waals surface area contributed by atoms with E-state index in [2.05, 4.69) is 6.07 Å². The van der Waals surface area contributed by atoms with Crippen molar-refractivity contribution in [2.45, 2.75) is 19.8 Å². The van der Waals surface area contributed by atoms with Crippen LogP contribution in [-0.2, 0) is 17.6 Å². The Morgan fingerprint density at radius 1 is 1.25 bits per heavy atom. The summed E-state index contributed by atoms with van der Waals surface area (Å²) in [5.41, 5.74) is 11.1. The molecule has 3 rings (SSSR count). The van der Waals surface area contributed by atoms with E-state index >= 15 is 0 Å². The highest BCUT2D eigenvalue weighted by Crippen LogP contribution is 2.32. The summed E-state index contributed by atoms with van der Waals surface area (Å²) in [7, 11) is 0. The summed E-state index contributed by atoms with van der Waals surface area (Å²) in [6.45, 7) is 2.76. The van der Waals surface area contributed by atoms with E-state index in [9.17, 15) is 4.79 Å². The predicted molar refractivity (Wildman–Crippen MR) is 81.8 cm³/mol. The SMILES string of the molecule is Cc1cc2c(cc1N)N(C(=O)Cc1ccccc1)CC2. The second-order valence-corrected chi connectivity index (χ2v) is 5.30. The summed E-state index contributed by atoms with van der Waals surface area (Å²) in [4.78, 5) is 14.3. The van der Waals surface area contributed by atoms with Crippen LogP contribution in [-0.4, -0.2) is 12.5 Å². The number of aryl methyl sites for hydroxylation is 1. The fourth-order valence-corrected chi connectivity index (χ4v) is 2.70. The molecule has 1 amide bonds. The molecular weight excluding hydrogens is 248 g/mol. The highest BCUT2D eigenvalue weighted by Gasteiger charge is 2.25. The fourth-order valence-electron chi connectivity index (χ4n) is 2.70. The quantitative estimate of drug-likeness (QED) is 0.849. The van der Waals surface area contributed by atoms with Gasteiger partial charge in [-0.2, -0.15) is 0 Å². The number of fused-ring (bicyclic) bond motifs is 1. The minimum absolute atomic E-state index is 0.137. The Bertz CT molecular complexity index is 650. The van der Waals surface area contributed by atoms with Gasteiger partial charge in [-0.05, 0) is 36.1 Å². The number of benzene rings is 2. The average molecular weight is 266 g/mol. The Balaban J connectivity index is 1.84. The summed E-state index contributed by atoms with van der Waals surface area (Å²) in [6.07, 6.45) is 1.35. The number of nitrogen functional groups attached to an aromatic ring is 1. The normalized spacial score (nSPS) is 13.3. The fraction of sp³-hybridized carbons (Fsp3) is 0.235. The molecule has 0 saturated carbocycles. The van der Waals surface area contributed by atoms with Crippen LogP contribution in [0.25, 0.3) is 0 Å². The van der Waals surface area contributed by atoms with E-state index in [-0.39, 0.29) is 5.91 Å². The van der Waals surface area contributed by atoms with E-state index in [1.54, 1.807) is 0 Å². The number of hydrogen-bond acceptors (Lipinski definition) is 2. The Hall–Kier alpha value is -2.29. The van der Waals surface area contributed by atoms with Crippen LogP contribution in [0.1, 0.15) is 16.7 Å². The average Bonchev–Trinajstić information content (AvgIpc) is 2.83. The van der Waals surface area contributed by atoms with Crippen LogP contribution in [0.2, 0.25) is 0 Å². The molecule has 0 radical (unpaired) electrons. The zero-order valence-corrected chi connectivity index (χ0v) is 11.6. The van der Waals surface area contributed by atoms with Gasteiger partial charge in [0.05, 0.1) is 6.42 Å². The third-order valence-corrected chi connectivity index (χ3v) is 3.86. The van der Waals surface area contributed by atoms with Crippen LogP contribution in [0.5, 0.6) is 0 Å². The summed E-state index contributed by atoms with van der Waals surface area (Å²) in [5.74, 6) is 0.137. The summed E-state index contributed by atoms with van der Waals surface area (Å²) in [5, 5.41) is 0. The summed E-state index contributed by atoms with van der Waals surface area (Å²) >= 11 is 0. The van der Waals surface area contributed by atoms with Gasteiger partial charge >= 0.3 is 0 Å². The Kier molecular flexibility index (Phi) is 3.18. The standard InChI is InChI=1S/C17H18N2O/c1-12-9-14-7-8-19(16(14)11-15(12)18)17(20)10-13-5-3-2-4-6-13/h2-6,9,11H,7-8,10,18H2,1H3. The number of nitrogens with zero attached hydrogens (tertiary/aromatic N) is 1. The van der Waals surface area contributed by atoms with Crippen LogP contribution in [0.15, 0.2) is 42.5 Å². The highest BCUT2D eigenvalue weighted by atomic mass is 16.2. The third kappa shape index (κ3) is 2.27. The third-order valence-electron chi connectivity index (χ3n) is 3.86. The van der Waals surface area contributed by atoms with Gasteiger partial charge in [0.15, 0.2) is 0 Å². The molecule has 0 aliphatic carbocycles. The first-order chi connectivity index (χ1) is 9.65. The molecule has 2 aromatic rings. The van der Waals surface area contributed by atoms with Crippen LogP contribution >= 0.6 is 0 Å². The maximum atomic E-state index is 12.5. The molecule has 0 fully saturated rings. The first kappa shape index (κ1) is 12.7. The maximum absolute atomic E-state index is 12.5. The molecule has 102 valence electrons. The zero-order valence-electron chi connectivity index (χ0n) is 11.6. The van der Waals surface area contributed by atoms with Crippen molar-refractivity contribution in [3.63, 3.8) is 0 Å². The van der Waals surface area contributed by atoms with Gasteiger partial charge in [-0.25, -0.2) is 0 Å². The molecule has 0 bridgehead atoms. The number of carbonyl (C=O) groups is 1. The van der Waals surface area contributed by atoms with E-state index in [4.69, 9.17) is 5.73 Å². The lowest BCUT2D eigenvalue weighted by Crippen LogP contribution is -2.30. The molecule has 3 nitrogen and oxygen atoms in total. The Labute approximate surface area is 119 Å². The second-order valence-electron chi connectivity index (χ2n) is 5.30. The van der Waals surface area contributed by atoms with Crippen LogP contribution in [0, 0.1) is 6.92 Å². The highest BCUT2D eigenvalue weighted by molar-refractivity contribution is 5.97. The lowest BCUT2D eigenvalue weighted by atomic mass is 10.1. The molecule has 1 aliphatic heterocycles. The molecule has 0 saturated heterocycles. The molecule has 1 aliphatic rings. The van der Waals surface area contributed by atoms with Gasteiger partial charge < -0.3 is 10.6 Å². The van der Waals surface area contributed by atoms with Gasteiger partial charge in [-0.15, -0.1) is 0 Å². The topological polar surface area (TPSA) is 46.3 Å². The van der Waals surface area contributed by atoms with Gasteiger partial charge in [0.25, 0.3) is 0 Å². The van der Waals surface area contributed by atoms with Crippen molar-refractivity contribution in [1.29, 1.82) is 0 Å². The molecule has 0 unspecified atom stereocenters. The monoisotopic (exact) mass is 266 g/mol. The van der Waals surface area contributed by atoms with E-state index in [0.29, 0.717) is 6.42 Å². The van der Waals surface area contributed by atoms with Crippen molar-refractivity contribution >= 4 is 17.3 Å². The van der Waals surface area contributed by atoms with E-state index in [1.807, 2.05) is 48.2 Å². The molecule has 2 N–H and O–H groups in total. The van der Waals surface area contributed by atoms with Crippen LogP contribution < -0.4 is 10.6 Å². The van der Waals surface area contributed by atoms with E-state index in [1.165, 1.54) is 5.56 Å². The summed E-state index contributed by atoms with van der Waals surface area (Å²) < 4.78 is 0. The number of anilines is 2. The lowest BCUT2D eigenvalue weighted by Gasteiger charge is -2.18. The van der Waals surface area contributed by atoms with Crippen molar-refractivity contribution < 1.29 is 4.79 Å². The molecular formula is C17H18N2O. The van der Waals surface area contributed by atoms with Crippen LogP contribution in [0.4, 0.5) is 11.4 Å². The van der Waals surface area contributed by atoms with Gasteiger partial charge in [-0.3, -0.25) is 4.79 Å². The van der Waals surface area contributed by atoms with Crippen LogP contribution in [0.3, 0.4) is 0 Å².